The third-order valence-electron chi connectivity index (χ3n) is 3.18. The third-order valence-corrected chi connectivity index (χ3v) is 3.79. The number of carbonyl (C=O) groups is 1. The molecule has 2 rings (SSSR count). The van der Waals surface area contributed by atoms with E-state index in [4.69, 9.17) is 23.2 Å². The predicted octanol–water partition coefficient (Wildman–Crippen LogP) is 3.88. The second-order valence-corrected chi connectivity index (χ2v) is 5.79. The first-order valence-electron chi connectivity index (χ1n) is 6.67. The van der Waals surface area contributed by atoms with E-state index >= 15 is 0 Å². The SMILES string of the molecule is O=C(O)N(Cc1cc(F)cc(F)c1)CC(O)c1c(Cl)cncc1Cl. The van der Waals surface area contributed by atoms with Crippen molar-refractivity contribution in [3.8, 4) is 0 Å². The average molecular weight is 377 g/mol. The highest BCUT2D eigenvalue weighted by atomic mass is 35.5. The number of hydrogen-bond donors (Lipinski definition) is 2. The number of aliphatic hydroxyl groups excluding tert-OH is 1. The molecule has 1 aromatic carbocycles. The quantitative estimate of drug-likeness (QED) is 0.830. The number of pyridine rings is 1. The topological polar surface area (TPSA) is 73.7 Å². The molecule has 1 aromatic heterocycles. The molecule has 0 saturated heterocycles. The number of benzene rings is 1. The first-order valence-corrected chi connectivity index (χ1v) is 7.43. The summed E-state index contributed by atoms with van der Waals surface area (Å²) in [6.07, 6.45) is -0.180. The van der Waals surface area contributed by atoms with Crippen LogP contribution in [0.2, 0.25) is 10.0 Å². The Bertz CT molecular complexity index is 721. The number of nitrogens with zero attached hydrogens (tertiary/aromatic N) is 2. The Hall–Kier alpha value is -1.96. The van der Waals surface area contributed by atoms with E-state index in [9.17, 15) is 23.8 Å². The average Bonchev–Trinajstić information content (AvgIpc) is 2.45. The lowest BCUT2D eigenvalue weighted by molar-refractivity contribution is 0.0935. The Labute approximate surface area is 146 Å². The van der Waals surface area contributed by atoms with Crippen molar-refractivity contribution >= 4 is 29.3 Å². The number of aromatic nitrogens is 1. The van der Waals surface area contributed by atoms with E-state index in [0.29, 0.717) is 6.07 Å². The normalized spacial score (nSPS) is 12.0. The second kappa shape index (κ2) is 7.74. The Kier molecular flexibility index (Phi) is 5.93. The standard InChI is InChI=1S/C15H12Cl2F2N2O3/c16-11-4-20-5-12(17)14(11)13(22)7-21(15(23)24)6-8-1-9(18)3-10(19)2-8/h1-5,13,22H,6-7H2,(H,23,24). The fourth-order valence-corrected chi connectivity index (χ4v) is 2.79. The van der Waals surface area contributed by atoms with Crippen LogP contribution in [0.5, 0.6) is 0 Å². The van der Waals surface area contributed by atoms with Crippen LogP contribution in [-0.2, 0) is 6.54 Å². The predicted molar refractivity (Wildman–Crippen MR) is 84.0 cm³/mol. The summed E-state index contributed by atoms with van der Waals surface area (Å²) in [5.41, 5.74) is 0.235. The molecule has 1 heterocycles. The van der Waals surface area contributed by atoms with Crippen LogP contribution < -0.4 is 0 Å². The summed E-state index contributed by atoms with van der Waals surface area (Å²) in [6.45, 7) is -0.710. The monoisotopic (exact) mass is 376 g/mol. The number of carboxylic acid groups (broad SMARTS) is 1. The van der Waals surface area contributed by atoms with Crippen molar-refractivity contribution in [2.75, 3.05) is 6.54 Å². The van der Waals surface area contributed by atoms with Gasteiger partial charge >= 0.3 is 6.09 Å². The number of halogens is 4. The van der Waals surface area contributed by atoms with Gasteiger partial charge in [-0.1, -0.05) is 23.2 Å². The zero-order chi connectivity index (χ0) is 17.9. The molecule has 24 heavy (non-hydrogen) atoms. The molecule has 1 atom stereocenters. The van der Waals surface area contributed by atoms with Crippen molar-refractivity contribution in [1.29, 1.82) is 0 Å². The molecule has 0 spiro atoms. The molecular weight excluding hydrogens is 365 g/mol. The number of rotatable bonds is 5. The summed E-state index contributed by atoms with van der Waals surface area (Å²) in [7, 11) is 0. The largest absolute Gasteiger partial charge is 0.465 e. The molecule has 1 unspecified atom stereocenters. The van der Waals surface area contributed by atoms with E-state index < -0.39 is 30.4 Å². The summed E-state index contributed by atoms with van der Waals surface area (Å²) in [6, 6.07) is 2.70. The molecule has 0 aliphatic carbocycles. The van der Waals surface area contributed by atoms with E-state index in [0.717, 1.165) is 17.0 Å². The van der Waals surface area contributed by atoms with Gasteiger partial charge in [0.25, 0.3) is 0 Å². The van der Waals surface area contributed by atoms with Crippen molar-refractivity contribution in [2.45, 2.75) is 12.6 Å². The lowest BCUT2D eigenvalue weighted by atomic mass is 10.1. The smallest absolute Gasteiger partial charge is 0.407 e. The number of hydrogen-bond acceptors (Lipinski definition) is 3. The van der Waals surface area contributed by atoms with Gasteiger partial charge in [0.1, 0.15) is 11.6 Å². The molecule has 5 nitrogen and oxygen atoms in total. The second-order valence-electron chi connectivity index (χ2n) is 4.97. The Morgan fingerprint density at radius 2 is 1.71 bits per heavy atom. The van der Waals surface area contributed by atoms with Crippen LogP contribution in [0, 0.1) is 11.6 Å². The fourth-order valence-electron chi connectivity index (χ4n) is 2.17. The van der Waals surface area contributed by atoms with E-state index in [1.165, 1.54) is 12.4 Å². The van der Waals surface area contributed by atoms with Crippen LogP contribution in [0.3, 0.4) is 0 Å². The lowest BCUT2D eigenvalue weighted by Gasteiger charge is -2.23. The van der Waals surface area contributed by atoms with Gasteiger partial charge in [-0.15, -0.1) is 0 Å². The van der Waals surface area contributed by atoms with Crippen molar-refractivity contribution < 1.29 is 23.8 Å². The molecule has 2 aromatic rings. The highest BCUT2D eigenvalue weighted by molar-refractivity contribution is 6.35. The van der Waals surface area contributed by atoms with Crippen LogP contribution in [0.25, 0.3) is 0 Å². The van der Waals surface area contributed by atoms with Gasteiger partial charge in [-0.2, -0.15) is 0 Å². The molecule has 0 bridgehead atoms. The molecule has 0 fully saturated rings. The maximum atomic E-state index is 13.2. The van der Waals surface area contributed by atoms with Gasteiger partial charge in [0.05, 0.1) is 22.7 Å². The van der Waals surface area contributed by atoms with Crippen molar-refractivity contribution in [1.82, 2.24) is 9.88 Å². The molecule has 128 valence electrons. The van der Waals surface area contributed by atoms with Crippen LogP contribution in [0.15, 0.2) is 30.6 Å². The van der Waals surface area contributed by atoms with E-state index in [2.05, 4.69) is 4.98 Å². The summed E-state index contributed by atoms with van der Waals surface area (Å²) in [5, 5.41) is 19.7. The molecule has 0 aliphatic rings. The highest BCUT2D eigenvalue weighted by Crippen LogP contribution is 2.30. The van der Waals surface area contributed by atoms with Gasteiger partial charge in [0, 0.05) is 30.6 Å². The van der Waals surface area contributed by atoms with Gasteiger partial charge in [-0.05, 0) is 17.7 Å². The zero-order valence-electron chi connectivity index (χ0n) is 12.1. The molecule has 0 saturated carbocycles. The molecular formula is C15H12Cl2F2N2O3. The Balaban J connectivity index is 2.21. The zero-order valence-corrected chi connectivity index (χ0v) is 13.6. The van der Waals surface area contributed by atoms with Crippen molar-refractivity contribution in [2.24, 2.45) is 0 Å². The third kappa shape index (κ3) is 4.53. The summed E-state index contributed by atoms with van der Waals surface area (Å²) < 4.78 is 26.4. The van der Waals surface area contributed by atoms with Gasteiger partial charge in [-0.25, -0.2) is 13.6 Å². The minimum Gasteiger partial charge on any atom is -0.465 e. The molecule has 0 radical (unpaired) electrons. The highest BCUT2D eigenvalue weighted by Gasteiger charge is 2.22. The molecule has 1 amide bonds. The van der Waals surface area contributed by atoms with Gasteiger partial charge < -0.3 is 15.1 Å². The van der Waals surface area contributed by atoms with Gasteiger partial charge in [0.2, 0.25) is 0 Å². The molecule has 2 N–H and O–H groups in total. The van der Waals surface area contributed by atoms with E-state index in [-0.39, 0.29) is 27.7 Å². The molecule has 0 aliphatic heterocycles. The number of amides is 1. The van der Waals surface area contributed by atoms with Crippen molar-refractivity contribution in [3.63, 3.8) is 0 Å². The van der Waals surface area contributed by atoms with Crippen LogP contribution >= 0.6 is 23.2 Å². The van der Waals surface area contributed by atoms with Gasteiger partial charge in [0.15, 0.2) is 0 Å². The number of aliphatic hydroxyl groups is 1. The fraction of sp³-hybridized carbons (Fsp3) is 0.200. The first-order chi connectivity index (χ1) is 11.3. The van der Waals surface area contributed by atoms with Crippen molar-refractivity contribution in [3.05, 3.63) is 63.4 Å². The van der Waals surface area contributed by atoms with E-state index in [1.807, 2.05) is 0 Å². The minimum atomic E-state index is -1.37. The summed E-state index contributed by atoms with van der Waals surface area (Å²) in [5.74, 6) is -1.65. The first kappa shape index (κ1) is 18.4. The van der Waals surface area contributed by atoms with Crippen LogP contribution in [-0.4, -0.2) is 32.7 Å². The minimum absolute atomic E-state index is 0.0807. The van der Waals surface area contributed by atoms with Crippen LogP contribution in [0.1, 0.15) is 17.2 Å². The maximum Gasteiger partial charge on any atom is 0.407 e. The van der Waals surface area contributed by atoms with Crippen LogP contribution in [0.4, 0.5) is 13.6 Å². The lowest BCUT2D eigenvalue weighted by Crippen LogP contribution is -2.33. The Morgan fingerprint density at radius 1 is 1.17 bits per heavy atom. The Morgan fingerprint density at radius 3 is 2.21 bits per heavy atom. The summed E-state index contributed by atoms with van der Waals surface area (Å²) >= 11 is 11.8. The summed E-state index contributed by atoms with van der Waals surface area (Å²) in [4.78, 5) is 15.9. The van der Waals surface area contributed by atoms with Gasteiger partial charge in [-0.3, -0.25) is 4.98 Å². The maximum absolute atomic E-state index is 13.2. The molecule has 9 heteroatoms. The van der Waals surface area contributed by atoms with E-state index in [1.54, 1.807) is 0 Å².